The van der Waals surface area contributed by atoms with Gasteiger partial charge in [0.05, 0.1) is 23.5 Å². The zero-order valence-corrected chi connectivity index (χ0v) is 22.8. The van der Waals surface area contributed by atoms with E-state index in [0.29, 0.717) is 29.3 Å². The van der Waals surface area contributed by atoms with Crippen LogP contribution in [0.4, 0.5) is 11.4 Å². The van der Waals surface area contributed by atoms with Crippen LogP contribution in [0.25, 0.3) is 0 Å². The molecule has 0 fully saturated rings. The lowest BCUT2D eigenvalue weighted by Crippen LogP contribution is -2.23. The molecule has 1 aliphatic heterocycles. The van der Waals surface area contributed by atoms with E-state index in [-0.39, 0.29) is 40.7 Å². The Kier molecular flexibility index (Phi) is 7.13. The first-order chi connectivity index (χ1) is 19.1. The minimum Gasteiger partial charge on any atom is -0.488 e. The number of nitrogens with one attached hydrogen (secondary N) is 1. The third kappa shape index (κ3) is 5.31. The number of amidine groups is 1. The number of nitrogen functional groups attached to an aromatic ring is 1. The number of benzene rings is 4. The van der Waals surface area contributed by atoms with Gasteiger partial charge in [0, 0.05) is 16.7 Å². The summed E-state index contributed by atoms with van der Waals surface area (Å²) in [6.07, 6.45) is 0. The summed E-state index contributed by atoms with van der Waals surface area (Å²) in [7, 11) is 0. The molecule has 0 spiro atoms. The fraction of sp³-hybridized carbons (Fsp3) is 0.182. The molecule has 0 saturated heterocycles. The van der Waals surface area contributed by atoms with E-state index in [1.165, 1.54) is 0 Å². The number of hydrogen-bond donors (Lipinski definition) is 3. The van der Waals surface area contributed by atoms with Gasteiger partial charge in [0.15, 0.2) is 5.78 Å². The number of aliphatic imine (C=N–C) groups is 1. The molecule has 1 heterocycles. The highest BCUT2D eigenvalue weighted by Crippen LogP contribution is 2.36. The van der Waals surface area contributed by atoms with Gasteiger partial charge in [0.1, 0.15) is 18.2 Å². The number of rotatable bonds is 7. The quantitative estimate of drug-likeness (QED) is 0.204. The lowest BCUT2D eigenvalue weighted by Gasteiger charge is -2.23. The lowest BCUT2D eigenvalue weighted by molar-refractivity contribution is 0.102. The van der Waals surface area contributed by atoms with Crippen molar-refractivity contribution in [1.29, 1.82) is 0 Å². The molecule has 0 radical (unpaired) electrons. The van der Waals surface area contributed by atoms with Gasteiger partial charge in [-0.05, 0) is 46.4 Å². The van der Waals surface area contributed by atoms with E-state index >= 15 is 0 Å². The second-order valence-electron chi connectivity index (χ2n) is 10.8. The molecule has 4 aromatic rings. The van der Waals surface area contributed by atoms with Gasteiger partial charge in [-0.1, -0.05) is 81.4 Å². The van der Waals surface area contributed by atoms with Gasteiger partial charge in [0.2, 0.25) is 0 Å². The highest BCUT2D eigenvalue weighted by molar-refractivity contribution is 6.19. The van der Waals surface area contributed by atoms with Gasteiger partial charge in [0.25, 0.3) is 5.91 Å². The van der Waals surface area contributed by atoms with Gasteiger partial charge in [-0.25, -0.2) is 0 Å². The maximum atomic E-state index is 14.1. The molecule has 0 bridgehead atoms. The number of nitrogens with two attached hydrogens (primary N) is 2. The van der Waals surface area contributed by atoms with Crippen molar-refractivity contribution in [2.45, 2.75) is 39.3 Å². The Hall–Kier alpha value is -4.91. The molecule has 1 amide bonds. The van der Waals surface area contributed by atoms with E-state index in [2.05, 4.69) is 10.3 Å². The van der Waals surface area contributed by atoms with Crippen molar-refractivity contribution in [1.82, 2.24) is 0 Å². The molecule has 4 aromatic carbocycles. The summed E-state index contributed by atoms with van der Waals surface area (Å²) in [6.45, 7) is 6.85. The second kappa shape index (κ2) is 10.7. The summed E-state index contributed by atoms with van der Waals surface area (Å²) >= 11 is 0. The SMILES string of the molecule is CC(C)(C)c1ccccc1C(=O)Nc1c(N)ccc(OCc2ccccc2)c1C(=O)c1ccc2c(c1)C(N)=NC2. The van der Waals surface area contributed by atoms with Crippen molar-refractivity contribution in [2.24, 2.45) is 10.7 Å². The zero-order chi connectivity index (χ0) is 28.4. The highest BCUT2D eigenvalue weighted by atomic mass is 16.5. The fourth-order valence-electron chi connectivity index (χ4n) is 4.83. The first-order valence-corrected chi connectivity index (χ1v) is 13.1. The Morgan fingerprint density at radius 1 is 0.925 bits per heavy atom. The Morgan fingerprint density at radius 2 is 1.65 bits per heavy atom. The third-order valence-corrected chi connectivity index (χ3v) is 6.95. The average Bonchev–Trinajstić information content (AvgIpc) is 3.32. The van der Waals surface area contributed by atoms with Crippen LogP contribution in [0.5, 0.6) is 5.75 Å². The summed E-state index contributed by atoms with van der Waals surface area (Å²) in [6, 6.07) is 25.7. The molecular weight excluding hydrogens is 500 g/mol. The van der Waals surface area contributed by atoms with E-state index in [1.54, 1.807) is 30.3 Å². The number of carbonyl (C=O) groups is 2. The van der Waals surface area contributed by atoms with Crippen LogP contribution >= 0.6 is 0 Å². The maximum absolute atomic E-state index is 14.1. The normalized spacial score (nSPS) is 12.4. The standard InChI is InChI=1S/C33H32N4O3/c1-33(2,3)25-12-8-7-11-23(25)32(39)37-29-26(34)15-16-27(40-19-20-9-5-4-6-10-20)28(29)30(38)21-13-14-22-18-36-31(35)24(22)17-21/h4-17H,18-19,34H2,1-3H3,(H2,35,36)(H,37,39). The van der Waals surface area contributed by atoms with Crippen LogP contribution in [-0.4, -0.2) is 17.5 Å². The number of fused-ring (bicyclic) bond motifs is 1. The lowest BCUT2D eigenvalue weighted by atomic mass is 9.83. The molecule has 40 heavy (non-hydrogen) atoms. The smallest absolute Gasteiger partial charge is 0.256 e. The number of hydrogen-bond acceptors (Lipinski definition) is 6. The van der Waals surface area contributed by atoms with Gasteiger partial charge < -0.3 is 21.5 Å². The predicted octanol–water partition coefficient (Wildman–Crippen LogP) is 5.85. The van der Waals surface area contributed by atoms with Gasteiger partial charge in [-0.3, -0.25) is 14.6 Å². The molecule has 7 nitrogen and oxygen atoms in total. The van der Waals surface area contributed by atoms with E-state index in [1.807, 2.05) is 75.4 Å². The molecule has 5 N–H and O–H groups in total. The van der Waals surface area contributed by atoms with Crippen LogP contribution in [0.3, 0.4) is 0 Å². The largest absolute Gasteiger partial charge is 0.488 e. The number of amides is 1. The summed E-state index contributed by atoms with van der Waals surface area (Å²) in [5.41, 5.74) is 17.2. The van der Waals surface area contributed by atoms with Crippen LogP contribution in [0, 0.1) is 0 Å². The van der Waals surface area contributed by atoms with E-state index < -0.39 is 0 Å². The third-order valence-electron chi connectivity index (χ3n) is 6.95. The molecule has 0 unspecified atom stereocenters. The minimum absolute atomic E-state index is 0.172. The summed E-state index contributed by atoms with van der Waals surface area (Å²) in [4.78, 5) is 32.1. The first-order valence-electron chi connectivity index (χ1n) is 13.1. The highest BCUT2D eigenvalue weighted by Gasteiger charge is 2.27. The number of anilines is 2. The van der Waals surface area contributed by atoms with Crippen LogP contribution in [0.1, 0.15) is 69.3 Å². The molecule has 0 atom stereocenters. The first kappa shape index (κ1) is 26.7. The van der Waals surface area contributed by atoms with Gasteiger partial charge >= 0.3 is 0 Å². The Bertz CT molecular complexity index is 1640. The number of carbonyl (C=O) groups excluding carboxylic acids is 2. The average molecular weight is 533 g/mol. The van der Waals surface area contributed by atoms with Crippen LogP contribution in [0.15, 0.2) is 89.9 Å². The van der Waals surface area contributed by atoms with Crippen molar-refractivity contribution in [2.75, 3.05) is 11.1 Å². The van der Waals surface area contributed by atoms with E-state index in [0.717, 1.165) is 22.3 Å². The zero-order valence-electron chi connectivity index (χ0n) is 22.8. The van der Waals surface area contributed by atoms with E-state index in [9.17, 15) is 9.59 Å². The fourth-order valence-corrected chi connectivity index (χ4v) is 4.83. The van der Waals surface area contributed by atoms with E-state index in [4.69, 9.17) is 16.2 Å². The summed E-state index contributed by atoms with van der Waals surface area (Å²) in [5, 5.41) is 2.94. The van der Waals surface area contributed by atoms with Crippen molar-refractivity contribution < 1.29 is 14.3 Å². The number of ketones is 1. The number of nitrogens with zero attached hydrogens (tertiary/aromatic N) is 1. The van der Waals surface area contributed by atoms with Crippen molar-refractivity contribution in [3.63, 3.8) is 0 Å². The van der Waals surface area contributed by atoms with Gasteiger partial charge in [-0.2, -0.15) is 0 Å². The Balaban J connectivity index is 1.59. The van der Waals surface area contributed by atoms with Crippen molar-refractivity contribution >= 4 is 28.9 Å². The molecule has 5 rings (SSSR count). The van der Waals surface area contributed by atoms with Crippen molar-refractivity contribution in [3.05, 3.63) is 124 Å². The minimum atomic E-state index is -0.364. The molecule has 202 valence electrons. The summed E-state index contributed by atoms with van der Waals surface area (Å²) in [5.74, 6) is -0.0104. The predicted molar refractivity (Wildman–Crippen MR) is 159 cm³/mol. The monoisotopic (exact) mass is 532 g/mol. The molecular formula is C33H32N4O3. The van der Waals surface area contributed by atoms with Crippen LogP contribution in [0.2, 0.25) is 0 Å². The maximum Gasteiger partial charge on any atom is 0.256 e. The number of ether oxygens (including phenoxy) is 1. The molecule has 0 aromatic heterocycles. The molecule has 1 aliphatic rings. The Morgan fingerprint density at radius 3 is 2.40 bits per heavy atom. The van der Waals surface area contributed by atoms with Crippen LogP contribution in [-0.2, 0) is 18.6 Å². The van der Waals surface area contributed by atoms with Crippen molar-refractivity contribution in [3.8, 4) is 5.75 Å². The van der Waals surface area contributed by atoms with Crippen LogP contribution < -0.4 is 21.5 Å². The molecule has 0 saturated carbocycles. The molecule has 7 heteroatoms. The van der Waals surface area contributed by atoms with Gasteiger partial charge in [-0.15, -0.1) is 0 Å². The molecule has 0 aliphatic carbocycles. The summed E-state index contributed by atoms with van der Waals surface area (Å²) < 4.78 is 6.16. The second-order valence-corrected chi connectivity index (χ2v) is 10.8. The Labute approximate surface area is 233 Å². The topological polar surface area (TPSA) is 120 Å².